The first-order valence-electron chi connectivity index (χ1n) is 9.04. The van der Waals surface area contributed by atoms with Crippen LogP contribution in [-0.4, -0.2) is 29.3 Å². The van der Waals surface area contributed by atoms with E-state index in [4.69, 9.17) is 22.1 Å². The third-order valence-corrected chi connectivity index (χ3v) is 5.29. The molecule has 3 rings (SSSR count). The minimum Gasteiger partial charge on any atom is -0.478 e. The van der Waals surface area contributed by atoms with Crippen molar-refractivity contribution in [1.29, 1.82) is 0 Å². The van der Waals surface area contributed by atoms with Gasteiger partial charge in [0.2, 0.25) is 0 Å². The van der Waals surface area contributed by atoms with Gasteiger partial charge in [-0.1, -0.05) is 24.3 Å². The minimum absolute atomic E-state index is 0.171. The molecule has 29 heavy (non-hydrogen) atoms. The molecule has 6 nitrogen and oxygen atoms in total. The number of carbonyl (C=O) groups excluding carboxylic acids is 1. The first-order chi connectivity index (χ1) is 13.7. The molecule has 0 fully saturated rings. The lowest BCUT2D eigenvalue weighted by Gasteiger charge is -2.38. The topological polar surface area (TPSA) is 78.9 Å². The van der Waals surface area contributed by atoms with E-state index >= 15 is 0 Å². The van der Waals surface area contributed by atoms with Crippen LogP contribution in [0, 0.1) is 13.8 Å². The molecule has 0 saturated heterocycles. The fraction of sp³-hybridized carbons (Fsp3) is 0.227. The highest BCUT2D eigenvalue weighted by Gasteiger charge is 2.35. The number of thiocarbonyl (C=S) groups is 1. The molecule has 0 bridgehead atoms. The lowest BCUT2D eigenvalue weighted by Crippen LogP contribution is -2.48. The molecular formula is C22H22N2O4S. The van der Waals surface area contributed by atoms with Crippen LogP contribution in [-0.2, 0) is 9.53 Å². The second kappa shape index (κ2) is 8.05. The van der Waals surface area contributed by atoms with Crippen molar-refractivity contribution in [1.82, 2.24) is 5.32 Å². The Morgan fingerprint density at radius 2 is 1.76 bits per heavy atom. The molecule has 1 aliphatic heterocycles. The van der Waals surface area contributed by atoms with Crippen molar-refractivity contribution in [2.75, 3.05) is 12.0 Å². The number of ether oxygens (including phenoxy) is 1. The molecule has 1 atom stereocenters. The van der Waals surface area contributed by atoms with E-state index in [0.29, 0.717) is 16.4 Å². The summed E-state index contributed by atoms with van der Waals surface area (Å²) in [4.78, 5) is 25.7. The number of nitrogens with one attached hydrogen (secondary N) is 1. The van der Waals surface area contributed by atoms with E-state index in [0.717, 1.165) is 22.4 Å². The van der Waals surface area contributed by atoms with Crippen molar-refractivity contribution in [2.45, 2.75) is 26.8 Å². The highest BCUT2D eigenvalue weighted by molar-refractivity contribution is 7.80. The monoisotopic (exact) mass is 410 g/mol. The van der Waals surface area contributed by atoms with Crippen LogP contribution >= 0.6 is 12.2 Å². The summed E-state index contributed by atoms with van der Waals surface area (Å²) in [7, 11) is 1.34. The first kappa shape index (κ1) is 20.5. The fourth-order valence-electron chi connectivity index (χ4n) is 3.44. The van der Waals surface area contributed by atoms with Crippen molar-refractivity contribution in [3.8, 4) is 0 Å². The number of aromatic carboxylic acids is 1. The Bertz CT molecular complexity index is 1030. The zero-order valence-corrected chi connectivity index (χ0v) is 17.5. The van der Waals surface area contributed by atoms with Gasteiger partial charge in [-0.3, -0.25) is 4.90 Å². The molecule has 0 spiro atoms. The van der Waals surface area contributed by atoms with Gasteiger partial charge in [-0.05, 0) is 67.9 Å². The Hall–Kier alpha value is -3.19. The summed E-state index contributed by atoms with van der Waals surface area (Å²) in [5.41, 5.74) is 4.97. The molecule has 0 aromatic heterocycles. The van der Waals surface area contributed by atoms with Gasteiger partial charge in [0.15, 0.2) is 5.11 Å². The normalized spacial score (nSPS) is 16.5. The fourth-order valence-corrected chi connectivity index (χ4v) is 3.79. The SMILES string of the molecule is COC(=O)C1=C(C)N(c2cc(C)ccc2C)C(=S)NC1c1ccc(C(=O)O)cc1. The molecule has 0 saturated carbocycles. The number of hydrogen-bond donors (Lipinski definition) is 2. The number of hydrogen-bond acceptors (Lipinski definition) is 4. The Morgan fingerprint density at radius 1 is 1.10 bits per heavy atom. The third-order valence-electron chi connectivity index (χ3n) is 4.99. The quantitative estimate of drug-likeness (QED) is 0.585. The molecule has 1 unspecified atom stereocenters. The van der Waals surface area contributed by atoms with Gasteiger partial charge in [-0.15, -0.1) is 0 Å². The predicted molar refractivity (Wildman–Crippen MR) is 115 cm³/mol. The molecule has 150 valence electrons. The maximum atomic E-state index is 12.7. The number of esters is 1. The highest BCUT2D eigenvalue weighted by atomic mass is 32.1. The van der Waals surface area contributed by atoms with E-state index in [-0.39, 0.29) is 5.56 Å². The summed E-state index contributed by atoms with van der Waals surface area (Å²) >= 11 is 5.64. The average molecular weight is 410 g/mol. The summed E-state index contributed by atoms with van der Waals surface area (Å²) < 4.78 is 5.05. The van der Waals surface area contributed by atoms with E-state index in [2.05, 4.69) is 5.32 Å². The largest absolute Gasteiger partial charge is 0.478 e. The molecule has 1 aliphatic rings. The Morgan fingerprint density at radius 3 is 2.34 bits per heavy atom. The molecule has 0 amide bonds. The van der Waals surface area contributed by atoms with Crippen LogP contribution in [0.4, 0.5) is 5.69 Å². The predicted octanol–water partition coefficient (Wildman–Crippen LogP) is 3.88. The molecule has 1 heterocycles. The van der Waals surface area contributed by atoms with E-state index in [1.165, 1.54) is 19.2 Å². The first-order valence-corrected chi connectivity index (χ1v) is 9.45. The average Bonchev–Trinajstić information content (AvgIpc) is 2.69. The van der Waals surface area contributed by atoms with Crippen LogP contribution in [0.1, 0.15) is 40.0 Å². The Kier molecular flexibility index (Phi) is 5.70. The summed E-state index contributed by atoms with van der Waals surface area (Å²) in [5, 5.41) is 12.8. The Balaban J connectivity index is 2.14. The van der Waals surface area contributed by atoms with Gasteiger partial charge in [0.1, 0.15) is 0 Å². The van der Waals surface area contributed by atoms with Crippen molar-refractivity contribution in [3.05, 3.63) is 76.0 Å². The number of methoxy groups -OCH3 is 1. The molecule has 0 aliphatic carbocycles. The molecule has 0 radical (unpaired) electrons. The smallest absolute Gasteiger partial charge is 0.337 e. The maximum absolute atomic E-state index is 12.7. The van der Waals surface area contributed by atoms with Crippen LogP contribution in [0.3, 0.4) is 0 Å². The minimum atomic E-state index is -1.01. The van der Waals surface area contributed by atoms with Gasteiger partial charge < -0.3 is 15.2 Å². The van der Waals surface area contributed by atoms with E-state index in [9.17, 15) is 9.59 Å². The van der Waals surface area contributed by atoms with Crippen molar-refractivity contribution >= 4 is 35.0 Å². The van der Waals surface area contributed by atoms with Crippen molar-refractivity contribution in [2.24, 2.45) is 0 Å². The van der Waals surface area contributed by atoms with E-state index < -0.39 is 18.0 Å². The molecule has 7 heteroatoms. The number of allylic oxidation sites excluding steroid dienone is 1. The number of rotatable bonds is 4. The number of nitrogens with zero attached hydrogens (tertiary/aromatic N) is 1. The van der Waals surface area contributed by atoms with Crippen LogP contribution in [0.5, 0.6) is 0 Å². The van der Waals surface area contributed by atoms with Crippen molar-refractivity contribution < 1.29 is 19.4 Å². The van der Waals surface area contributed by atoms with Crippen molar-refractivity contribution in [3.63, 3.8) is 0 Å². The number of benzene rings is 2. The second-order valence-corrected chi connectivity index (χ2v) is 7.31. The lowest BCUT2D eigenvalue weighted by atomic mass is 9.93. The van der Waals surface area contributed by atoms with Gasteiger partial charge in [0.25, 0.3) is 0 Å². The van der Waals surface area contributed by atoms with Gasteiger partial charge >= 0.3 is 11.9 Å². The number of carboxylic acids is 1. The van der Waals surface area contributed by atoms with Crippen LogP contribution in [0.2, 0.25) is 0 Å². The van der Waals surface area contributed by atoms with Crippen LogP contribution < -0.4 is 10.2 Å². The highest BCUT2D eigenvalue weighted by Crippen LogP contribution is 2.35. The number of anilines is 1. The number of aryl methyl sites for hydroxylation is 2. The van der Waals surface area contributed by atoms with Gasteiger partial charge in [-0.25, -0.2) is 9.59 Å². The zero-order valence-electron chi connectivity index (χ0n) is 16.6. The molecular weight excluding hydrogens is 388 g/mol. The van der Waals surface area contributed by atoms with E-state index in [1.807, 2.05) is 43.9 Å². The van der Waals surface area contributed by atoms with E-state index in [1.54, 1.807) is 12.1 Å². The summed E-state index contributed by atoms with van der Waals surface area (Å²) in [6.07, 6.45) is 0. The Labute approximate surface area is 174 Å². The number of carbonyl (C=O) groups is 2. The summed E-state index contributed by atoms with van der Waals surface area (Å²) in [5.74, 6) is -1.48. The molecule has 2 N–H and O–H groups in total. The van der Waals surface area contributed by atoms with Gasteiger partial charge in [0, 0.05) is 5.70 Å². The lowest BCUT2D eigenvalue weighted by molar-refractivity contribution is -0.136. The zero-order chi connectivity index (χ0) is 21.3. The van der Waals surface area contributed by atoms with Gasteiger partial charge in [-0.2, -0.15) is 0 Å². The third kappa shape index (κ3) is 3.86. The molecule has 2 aromatic carbocycles. The van der Waals surface area contributed by atoms with Gasteiger partial charge in [0.05, 0.1) is 30.0 Å². The second-order valence-electron chi connectivity index (χ2n) is 6.93. The standard InChI is InChI=1S/C22H22N2O4S/c1-12-5-6-13(2)17(11-12)24-14(3)18(21(27)28-4)19(23-22(24)29)15-7-9-16(10-8-15)20(25)26/h5-11,19H,1-4H3,(H,23,29)(H,25,26). The van der Waals surface area contributed by atoms with Crippen LogP contribution in [0.25, 0.3) is 0 Å². The summed E-state index contributed by atoms with van der Waals surface area (Å²) in [6.45, 7) is 5.81. The van der Waals surface area contributed by atoms with Crippen LogP contribution in [0.15, 0.2) is 53.7 Å². The summed E-state index contributed by atoms with van der Waals surface area (Å²) in [6, 6.07) is 11.9. The molecule has 2 aromatic rings. The maximum Gasteiger partial charge on any atom is 0.337 e. The number of carboxylic acid groups (broad SMARTS) is 1.